The Kier molecular flexibility index (Phi) is 6.06. The van der Waals surface area contributed by atoms with Crippen LogP contribution in [0.2, 0.25) is 0 Å². The predicted molar refractivity (Wildman–Crippen MR) is 112 cm³/mol. The number of benzene rings is 3. The molecule has 1 saturated heterocycles. The van der Waals surface area contributed by atoms with Gasteiger partial charge in [-0.3, -0.25) is 4.79 Å². The Balaban J connectivity index is 1.38. The number of hydrogen-bond donors (Lipinski definition) is 1. The number of carbonyl (C=O) groups is 1. The van der Waals surface area contributed by atoms with Gasteiger partial charge in [0.25, 0.3) is 0 Å². The van der Waals surface area contributed by atoms with E-state index in [0.29, 0.717) is 18.7 Å². The van der Waals surface area contributed by atoms with E-state index in [2.05, 4.69) is 42.6 Å². The average Bonchev–Trinajstić information content (AvgIpc) is 2.76. The third-order valence-corrected chi connectivity index (χ3v) is 5.52. The monoisotopic (exact) mass is 410 g/mol. The molecule has 0 spiro atoms. The first-order valence-electron chi connectivity index (χ1n) is 10.1. The molecule has 0 bridgehead atoms. The Morgan fingerprint density at radius 2 is 1.90 bits per heavy atom. The van der Waals surface area contributed by atoms with Crippen LogP contribution in [0, 0.1) is 11.6 Å². The largest absolute Gasteiger partial charge is 0.365 e. The minimum Gasteiger partial charge on any atom is -0.365 e. The number of halogens is 2. The van der Waals surface area contributed by atoms with Crippen LogP contribution in [0.15, 0.2) is 60.7 Å². The van der Waals surface area contributed by atoms with Crippen LogP contribution in [0.5, 0.6) is 0 Å². The van der Waals surface area contributed by atoms with E-state index in [4.69, 9.17) is 4.74 Å². The second-order valence-corrected chi connectivity index (χ2v) is 7.65. The molecule has 6 heteroatoms. The molecule has 0 aromatic heterocycles. The molecule has 4 nitrogen and oxygen atoms in total. The number of morpholine rings is 1. The zero-order valence-corrected chi connectivity index (χ0v) is 16.8. The summed E-state index contributed by atoms with van der Waals surface area (Å²) in [5, 5.41) is 5.91. The van der Waals surface area contributed by atoms with E-state index in [-0.39, 0.29) is 31.2 Å². The summed E-state index contributed by atoms with van der Waals surface area (Å²) in [6.45, 7) is 3.29. The van der Waals surface area contributed by atoms with Crippen LogP contribution < -0.4 is 5.32 Å². The third-order valence-electron chi connectivity index (χ3n) is 5.52. The molecule has 0 saturated carbocycles. The lowest BCUT2D eigenvalue weighted by Crippen LogP contribution is -2.49. The van der Waals surface area contributed by atoms with Crippen molar-refractivity contribution in [1.29, 1.82) is 0 Å². The normalized spacial score (nSPS) is 18.0. The number of carbonyl (C=O) groups excluding carboxylic acids is 1. The lowest BCUT2D eigenvalue weighted by Gasteiger charge is -2.33. The van der Waals surface area contributed by atoms with Gasteiger partial charge in [-0.25, -0.2) is 8.78 Å². The lowest BCUT2D eigenvalue weighted by molar-refractivity contribution is -0.149. The van der Waals surface area contributed by atoms with E-state index in [1.807, 2.05) is 12.1 Å². The smallest absolute Gasteiger partial charge is 0.248 e. The Morgan fingerprint density at radius 3 is 2.73 bits per heavy atom. The van der Waals surface area contributed by atoms with Crippen molar-refractivity contribution in [2.75, 3.05) is 19.7 Å². The molecule has 3 aromatic rings. The van der Waals surface area contributed by atoms with Crippen LogP contribution in [0.4, 0.5) is 8.78 Å². The number of ether oxygens (including phenoxy) is 1. The number of hydrogen-bond acceptors (Lipinski definition) is 3. The fraction of sp³-hybridized carbons (Fsp3) is 0.292. The minimum atomic E-state index is -0.907. The molecule has 1 aliphatic rings. The fourth-order valence-corrected chi connectivity index (χ4v) is 3.86. The Labute approximate surface area is 174 Å². The summed E-state index contributed by atoms with van der Waals surface area (Å²) in [4.78, 5) is 13.8. The van der Waals surface area contributed by atoms with E-state index in [1.165, 1.54) is 22.4 Å². The average molecular weight is 410 g/mol. The number of fused-ring (bicyclic) bond motifs is 1. The molecule has 1 aliphatic heterocycles. The topological polar surface area (TPSA) is 41.6 Å². The van der Waals surface area contributed by atoms with Gasteiger partial charge >= 0.3 is 0 Å². The van der Waals surface area contributed by atoms with Crippen LogP contribution in [-0.4, -0.2) is 36.6 Å². The van der Waals surface area contributed by atoms with Crippen LogP contribution in [0.1, 0.15) is 24.1 Å². The molecular weight excluding hydrogens is 386 g/mol. The van der Waals surface area contributed by atoms with Gasteiger partial charge in [0, 0.05) is 25.7 Å². The van der Waals surface area contributed by atoms with E-state index < -0.39 is 11.6 Å². The maximum atomic E-state index is 13.5. The van der Waals surface area contributed by atoms with E-state index in [1.54, 1.807) is 4.90 Å². The van der Waals surface area contributed by atoms with E-state index >= 15 is 0 Å². The van der Waals surface area contributed by atoms with Gasteiger partial charge in [0.1, 0.15) is 6.61 Å². The first kappa shape index (κ1) is 20.4. The van der Waals surface area contributed by atoms with Crippen LogP contribution in [0.3, 0.4) is 0 Å². The summed E-state index contributed by atoms with van der Waals surface area (Å²) in [7, 11) is 0. The molecule has 0 radical (unpaired) electrons. The maximum absolute atomic E-state index is 13.5. The van der Waals surface area contributed by atoms with Crippen molar-refractivity contribution in [2.24, 2.45) is 0 Å². The van der Waals surface area contributed by atoms with Gasteiger partial charge in [-0.15, -0.1) is 0 Å². The molecule has 1 unspecified atom stereocenters. The molecule has 2 atom stereocenters. The molecule has 156 valence electrons. The highest BCUT2D eigenvalue weighted by Crippen LogP contribution is 2.24. The molecule has 1 fully saturated rings. The standard InChI is InChI=1S/C24H24F2N2O2/c1-16(20-8-4-6-18-5-2-3-7-21(18)20)27-12-19-14-28(24(29)15-30-19)13-17-9-10-22(25)23(26)11-17/h2-11,16,19,27H,12-15H2,1H3/t16-,19?/m1/s1. The van der Waals surface area contributed by atoms with E-state index in [0.717, 1.165) is 12.1 Å². The Morgan fingerprint density at radius 1 is 1.10 bits per heavy atom. The molecule has 0 aliphatic carbocycles. The molecule has 30 heavy (non-hydrogen) atoms. The van der Waals surface area contributed by atoms with Crippen molar-refractivity contribution in [2.45, 2.75) is 25.6 Å². The molecule has 1 N–H and O–H groups in total. The number of rotatable bonds is 6. The highest BCUT2D eigenvalue weighted by atomic mass is 19.2. The molecule has 4 rings (SSSR count). The second-order valence-electron chi connectivity index (χ2n) is 7.65. The zero-order chi connectivity index (χ0) is 21.1. The van der Waals surface area contributed by atoms with Crippen LogP contribution >= 0.6 is 0 Å². The summed E-state index contributed by atoms with van der Waals surface area (Å²) < 4.78 is 32.3. The number of nitrogens with zero attached hydrogens (tertiary/aromatic N) is 1. The van der Waals surface area contributed by atoms with Gasteiger partial charge in [-0.2, -0.15) is 0 Å². The highest BCUT2D eigenvalue weighted by molar-refractivity contribution is 5.86. The zero-order valence-electron chi connectivity index (χ0n) is 16.8. The summed E-state index contributed by atoms with van der Waals surface area (Å²) in [6, 6.07) is 18.3. The quantitative estimate of drug-likeness (QED) is 0.662. The summed E-state index contributed by atoms with van der Waals surface area (Å²) in [5.41, 5.74) is 1.76. The number of nitrogens with one attached hydrogen (secondary N) is 1. The highest BCUT2D eigenvalue weighted by Gasteiger charge is 2.27. The molecule has 1 amide bonds. The van der Waals surface area contributed by atoms with Crippen LogP contribution in [-0.2, 0) is 16.1 Å². The second kappa shape index (κ2) is 8.90. The molecule has 1 heterocycles. The van der Waals surface area contributed by atoms with Crippen molar-refractivity contribution in [3.63, 3.8) is 0 Å². The van der Waals surface area contributed by atoms with Crippen molar-refractivity contribution < 1.29 is 18.3 Å². The molecule has 3 aromatic carbocycles. The predicted octanol–water partition coefficient (Wildman–Crippen LogP) is 4.20. The number of amides is 1. The summed E-state index contributed by atoms with van der Waals surface area (Å²) in [5.74, 6) is -1.95. The summed E-state index contributed by atoms with van der Waals surface area (Å²) >= 11 is 0. The van der Waals surface area contributed by atoms with Crippen LogP contribution in [0.25, 0.3) is 10.8 Å². The first-order valence-corrected chi connectivity index (χ1v) is 10.1. The van der Waals surface area contributed by atoms with Crippen molar-refractivity contribution in [3.8, 4) is 0 Å². The van der Waals surface area contributed by atoms with Gasteiger partial charge in [-0.1, -0.05) is 48.5 Å². The van der Waals surface area contributed by atoms with Gasteiger partial charge in [0.05, 0.1) is 6.10 Å². The Bertz CT molecular complexity index is 1050. The van der Waals surface area contributed by atoms with Gasteiger partial charge in [0.15, 0.2) is 11.6 Å². The maximum Gasteiger partial charge on any atom is 0.248 e. The van der Waals surface area contributed by atoms with Crippen molar-refractivity contribution >= 4 is 16.7 Å². The Hall–Kier alpha value is -2.83. The SMILES string of the molecule is C[C@@H](NCC1CN(Cc2ccc(F)c(F)c2)C(=O)CO1)c1cccc2ccccc12. The van der Waals surface area contributed by atoms with Crippen molar-refractivity contribution in [3.05, 3.63) is 83.4 Å². The van der Waals surface area contributed by atoms with Crippen molar-refractivity contribution in [1.82, 2.24) is 10.2 Å². The van der Waals surface area contributed by atoms with Gasteiger partial charge in [0.2, 0.25) is 5.91 Å². The van der Waals surface area contributed by atoms with E-state index in [9.17, 15) is 13.6 Å². The first-order chi connectivity index (χ1) is 14.5. The molecular formula is C24H24F2N2O2. The summed E-state index contributed by atoms with van der Waals surface area (Å²) in [6.07, 6.45) is -0.176. The fourth-order valence-electron chi connectivity index (χ4n) is 3.86. The lowest BCUT2D eigenvalue weighted by atomic mass is 9.99. The van der Waals surface area contributed by atoms with Gasteiger partial charge in [-0.05, 0) is 41.0 Å². The minimum absolute atomic E-state index is 0.0152. The third kappa shape index (κ3) is 4.50. The van der Waals surface area contributed by atoms with Gasteiger partial charge < -0.3 is 15.0 Å².